The van der Waals surface area contributed by atoms with Crippen LogP contribution in [0, 0.1) is 10.1 Å². The summed E-state index contributed by atoms with van der Waals surface area (Å²) in [6, 6.07) is 9.23. The summed E-state index contributed by atoms with van der Waals surface area (Å²) in [5.74, 6) is -0.293. The third-order valence-electron chi connectivity index (χ3n) is 2.50. The lowest BCUT2D eigenvalue weighted by Gasteiger charge is -2.05. The molecule has 1 amide bonds. The van der Waals surface area contributed by atoms with Crippen LogP contribution < -0.4 is 10.2 Å². The topological polar surface area (TPSA) is 107 Å². The third kappa shape index (κ3) is 3.44. The van der Waals surface area contributed by atoms with E-state index >= 15 is 0 Å². The average Bonchev–Trinajstić information content (AvgIpc) is 2.96. The number of hydrogen-bond acceptors (Lipinski definition) is 6. The second-order valence-corrected chi connectivity index (χ2v) is 3.83. The number of carbonyl (C=O) groups excluding carboxylic acids is 1. The van der Waals surface area contributed by atoms with Crippen molar-refractivity contribution in [3.05, 3.63) is 57.8 Å². The average molecular weight is 289 g/mol. The second kappa shape index (κ2) is 6.33. The van der Waals surface area contributed by atoms with Crippen LogP contribution in [0.5, 0.6) is 5.75 Å². The Labute approximate surface area is 119 Å². The number of methoxy groups -OCH3 is 1. The maximum atomic E-state index is 11.9. The molecule has 1 aromatic carbocycles. The highest BCUT2D eigenvalue weighted by Gasteiger charge is 2.12. The Kier molecular flexibility index (Phi) is 4.30. The van der Waals surface area contributed by atoms with Crippen LogP contribution in [0.15, 0.2) is 45.9 Å². The molecule has 1 heterocycles. The first kappa shape index (κ1) is 14.3. The summed E-state index contributed by atoms with van der Waals surface area (Å²) < 4.78 is 9.91. The quantitative estimate of drug-likeness (QED) is 0.514. The number of nitrogens with one attached hydrogen (secondary N) is 1. The molecule has 0 aliphatic carbocycles. The van der Waals surface area contributed by atoms with Crippen LogP contribution in [0.2, 0.25) is 0 Å². The molecule has 0 aliphatic rings. The van der Waals surface area contributed by atoms with Gasteiger partial charge in [-0.3, -0.25) is 14.9 Å². The van der Waals surface area contributed by atoms with Gasteiger partial charge in [0.05, 0.1) is 25.0 Å². The molecule has 0 bridgehead atoms. The Hall–Kier alpha value is -3.16. The molecule has 0 fully saturated rings. The molecule has 2 rings (SSSR count). The molecule has 0 spiro atoms. The maximum absolute atomic E-state index is 11.9. The molecule has 8 heteroatoms. The van der Waals surface area contributed by atoms with Crippen molar-refractivity contribution >= 4 is 18.0 Å². The number of amides is 1. The van der Waals surface area contributed by atoms with Crippen LogP contribution in [0.25, 0.3) is 0 Å². The van der Waals surface area contributed by atoms with Crippen LogP contribution in [0.4, 0.5) is 5.88 Å². The monoisotopic (exact) mass is 289 g/mol. The molecule has 0 radical (unpaired) electrons. The normalized spacial score (nSPS) is 10.5. The summed E-state index contributed by atoms with van der Waals surface area (Å²) in [4.78, 5) is 21.7. The fourth-order valence-corrected chi connectivity index (χ4v) is 1.56. The SMILES string of the molecule is COc1ccccc1C(=O)NN=Cc1ccc([N+](=O)[O-])o1. The van der Waals surface area contributed by atoms with Gasteiger partial charge in [-0.25, -0.2) is 5.43 Å². The van der Waals surface area contributed by atoms with E-state index in [9.17, 15) is 14.9 Å². The van der Waals surface area contributed by atoms with Crippen molar-refractivity contribution in [2.75, 3.05) is 7.11 Å². The minimum atomic E-state index is -0.662. The van der Waals surface area contributed by atoms with Crippen LogP contribution in [-0.2, 0) is 0 Å². The predicted molar refractivity (Wildman–Crippen MR) is 73.4 cm³/mol. The van der Waals surface area contributed by atoms with Crippen LogP contribution in [0.1, 0.15) is 16.1 Å². The Morgan fingerprint density at radius 1 is 1.38 bits per heavy atom. The van der Waals surface area contributed by atoms with E-state index in [1.807, 2.05) is 0 Å². The van der Waals surface area contributed by atoms with E-state index in [0.29, 0.717) is 11.3 Å². The van der Waals surface area contributed by atoms with E-state index in [2.05, 4.69) is 10.5 Å². The number of benzene rings is 1. The highest BCUT2D eigenvalue weighted by molar-refractivity contribution is 5.97. The van der Waals surface area contributed by atoms with Crippen molar-refractivity contribution in [3.63, 3.8) is 0 Å². The standard InChI is InChI=1S/C13H11N3O5/c1-20-11-5-3-2-4-10(11)13(17)15-14-8-9-6-7-12(21-9)16(18)19/h2-8H,1H3,(H,15,17). The summed E-state index contributed by atoms with van der Waals surface area (Å²) in [5.41, 5.74) is 2.60. The zero-order valence-corrected chi connectivity index (χ0v) is 11.0. The van der Waals surface area contributed by atoms with Crippen LogP contribution in [0.3, 0.4) is 0 Å². The molecule has 108 valence electrons. The maximum Gasteiger partial charge on any atom is 0.433 e. The van der Waals surface area contributed by atoms with Gasteiger partial charge in [0, 0.05) is 0 Å². The van der Waals surface area contributed by atoms with Gasteiger partial charge in [0.25, 0.3) is 5.91 Å². The van der Waals surface area contributed by atoms with Gasteiger partial charge in [-0.15, -0.1) is 0 Å². The highest BCUT2D eigenvalue weighted by atomic mass is 16.6. The second-order valence-electron chi connectivity index (χ2n) is 3.83. The predicted octanol–water partition coefficient (Wildman–Crippen LogP) is 1.96. The van der Waals surface area contributed by atoms with Gasteiger partial charge in [0.15, 0.2) is 5.76 Å². The van der Waals surface area contributed by atoms with E-state index in [4.69, 9.17) is 9.15 Å². The van der Waals surface area contributed by atoms with Crippen LogP contribution in [-0.4, -0.2) is 24.2 Å². The van der Waals surface area contributed by atoms with E-state index in [1.165, 1.54) is 25.5 Å². The van der Waals surface area contributed by atoms with Gasteiger partial charge >= 0.3 is 5.88 Å². The van der Waals surface area contributed by atoms with Crippen molar-refractivity contribution in [2.45, 2.75) is 0 Å². The van der Waals surface area contributed by atoms with Gasteiger partial charge in [-0.2, -0.15) is 5.10 Å². The fourth-order valence-electron chi connectivity index (χ4n) is 1.56. The van der Waals surface area contributed by atoms with Crippen molar-refractivity contribution in [2.24, 2.45) is 5.10 Å². The number of rotatable bonds is 5. The number of nitro groups is 1. The van der Waals surface area contributed by atoms with E-state index in [0.717, 1.165) is 0 Å². The first-order valence-corrected chi connectivity index (χ1v) is 5.82. The van der Waals surface area contributed by atoms with Gasteiger partial charge in [0.1, 0.15) is 10.7 Å². The van der Waals surface area contributed by atoms with Gasteiger partial charge in [-0.1, -0.05) is 12.1 Å². The first-order valence-electron chi connectivity index (χ1n) is 5.82. The first-order chi connectivity index (χ1) is 10.1. The minimum Gasteiger partial charge on any atom is -0.496 e. The number of hydrogen-bond donors (Lipinski definition) is 1. The smallest absolute Gasteiger partial charge is 0.433 e. The number of hydrazone groups is 1. The number of furan rings is 1. The van der Waals surface area contributed by atoms with E-state index < -0.39 is 16.7 Å². The summed E-state index contributed by atoms with van der Waals surface area (Å²) in [6.45, 7) is 0. The molecule has 1 N–H and O–H groups in total. The number of ether oxygens (including phenoxy) is 1. The van der Waals surface area contributed by atoms with Crippen molar-refractivity contribution in [3.8, 4) is 5.75 Å². The molecule has 0 saturated heterocycles. The lowest BCUT2D eigenvalue weighted by molar-refractivity contribution is -0.402. The Morgan fingerprint density at radius 3 is 2.81 bits per heavy atom. The molecular weight excluding hydrogens is 278 g/mol. The number of para-hydroxylation sites is 1. The number of nitrogens with zero attached hydrogens (tertiary/aromatic N) is 2. The Morgan fingerprint density at radius 2 is 2.14 bits per heavy atom. The Bertz CT molecular complexity index is 693. The lowest BCUT2D eigenvalue weighted by atomic mass is 10.2. The van der Waals surface area contributed by atoms with Crippen molar-refractivity contribution in [1.82, 2.24) is 5.43 Å². The molecule has 21 heavy (non-hydrogen) atoms. The minimum absolute atomic E-state index is 0.155. The van der Waals surface area contributed by atoms with Gasteiger partial charge in [0.2, 0.25) is 0 Å². The van der Waals surface area contributed by atoms with E-state index in [-0.39, 0.29) is 5.76 Å². The molecule has 0 saturated carbocycles. The van der Waals surface area contributed by atoms with E-state index in [1.54, 1.807) is 24.3 Å². The molecular formula is C13H11N3O5. The van der Waals surface area contributed by atoms with Crippen molar-refractivity contribution < 1.29 is 18.9 Å². The molecule has 2 aromatic rings. The third-order valence-corrected chi connectivity index (χ3v) is 2.50. The van der Waals surface area contributed by atoms with Gasteiger partial charge in [-0.05, 0) is 18.2 Å². The summed E-state index contributed by atoms with van der Waals surface area (Å²) in [5, 5.41) is 14.1. The summed E-state index contributed by atoms with van der Waals surface area (Å²) in [7, 11) is 1.46. The zero-order chi connectivity index (χ0) is 15.2. The summed E-state index contributed by atoms with van der Waals surface area (Å²) >= 11 is 0. The molecule has 0 atom stereocenters. The number of carbonyl (C=O) groups is 1. The fraction of sp³-hybridized carbons (Fsp3) is 0.0769. The summed E-state index contributed by atoms with van der Waals surface area (Å²) in [6.07, 6.45) is 1.17. The molecule has 0 aliphatic heterocycles. The molecule has 1 aromatic heterocycles. The van der Waals surface area contributed by atoms with Crippen LogP contribution >= 0.6 is 0 Å². The Balaban J connectivity index is 2.03. The largest absolute Gasteiger partial charge is 0.496 e. The van der Waals surface area contributed by atoms with Gasteiger partial charge < -0.3 is 9.15 Å². The molecule has 8 nitrogen and oxygen atoms in total. The zero-order valence-electron chi connectivity index (χ0n) is 11.0. The highest BCUT2D eigenvalue weighted by Crippen LogP contribution is 2.17. The lowest BCUT2D eigenvalue weighted by Crippen LogP contribution is -2.18. The van der Waals surface area contributed by atoms with Crippen molar-refractivity contribution in [1.29, 1.82) is 0 Å². The molecule has 0 unspecified atom stereocenters.